The zero-order valence-electron chi connectivity index (χ0n) is 15.4. The lowest BCUT2D eigenvalue weighted by molar-refractivity contribution is 0.0914. The number of carbonyl (C=O) groups is 1. The van der Waals surface area contributed by atoms with E-state index in [1.807, 2.05) is 32.0 Å². The Kier molecular flexibility index (Phi) is 5.53. The number of carbonyl (C=O) groups excluding carboxylic acids is 1. The summed E-state index contributed by atoms with van der Waals surface area (Å²) in [6.07, 6.45) is 1.24. The molecule has 27 heavy (non-hydrogen) atoms. The van der Waals surface area contributed by atoms with Gasteiger partial charge in [0.05, 0.1) is 23.2 Å². The van der Waals surface area contributed by atoms with Crippen molar-refractivity contribution in [2.75, 3.05) is 10.9 Å². The van der Waals surface area contributed by atoms with Crippen LogP contribution in [0.4, 0.5) is 5.69 Å². The third-order valence-corrected chi connectivity index (χ3v) is 6.77. The van der Waals surface area contributed by atoms with Gasteiger partial charge >= 0.3 is 0 Å². The van der Waals surface area contributed by atoms with E-state index < -0.39 is 15.9 Å². The lowest BCUT2D eigenvalue weighted by atomic mass is 10.1. The summed E-state index contributed by atoms with van der Waals surface area (Å²) in [5.74, 6) is -0.400. The van der Waals surface area contributed by atoms with Gasteiger partial charge in [0.1, 0.15) is 0 Å². The summed E-state index contributed by atoms with van der Waals surface area (Å²) in [7, 11) is -3.79. The van der Waals surface area contributed by atoms with E-state index in [9.17, 15) is 18.3 Å². The van der Waals surface area contributed by atoms with Crippen LogP contribution in [0.5, 0.6) is 0 Å². The number of para-hydroxylation sites is 1. The second-order valence-corrected chi connectivity index (χ2v) is 8.59. The SMILES string of the molecule is CC[C@H](CO)NC(=O)c1cccc(S(=O)(=O)N2c3ccccc3C[C@H]2C)c1. The number of aliphatic hydroxyl groups excluding tert-OH is 1. The number of nitrogens with zero attached hydrogens (tertiary/aromatic N) is 1. The zero-order valence-corrected chi connectivity index (χ0v) is 16.2. The highest BCUT2D eigenvalue weighted by Gasteiger charge is 2.36. The molecule has 7 heteroatoms. The fraction of sp³-hybridized carbons (Fsp3) is 0.350. The molecule has 2 N–H and O–H groups in total. The van der Waals surface area contributed by atoms with Gasteiger partial charge in [0.2, 0.25) is 0 Å². The van der Waals surface area contributed by atoms with Gasteiger partial charge in [-0.1, -0.05) is 31.2 Å². The van der Waals surface area contributed by atoms with E-state index in [0.717, 1.165) is 5.56 Å². The third kappa shape index (κ3) is 3.70. The molecule has 0 aromatic heterocycles. The smallest absolute Gasteiger partial charge is 0.264 e. The maximum absolute atomic E-state index is 13.3. The van der Waals surface area contributed by atoms with Crippen LogP contribution in [0, 0.1) is 0 Å². The number of hydrogen-bond donors (Lipinski definition) is 2. The van der Waals surface area contributed by atoms with Crippen LogP contribution < -0.4 is 9.62 Å². The first kappa shape index (κ1) is 19.4. The van der Waals surface area contributed by atoms with Crippen LogP contribution in [0.1, 0.15) is 36.2 Å². The minimum Gasteiger partial charge on any atom is -0.394 e. The maximum Gasteiger partial charge on any atom is 0.264 e. The molecule has 0 saturated heterocycles. The van der Waals surface area contributed by atoms with Crippen molar-refractivity contribution in [3.05, 3.63) is 59.7 Å². The first-order valence-electron chi connectivity index (χ1n) is 9.02. The van der Waals surface area contributed by atoms with Crippen LogP contribution >= 0.6 is 0 Å². The zero-order chi connectivity index (χ0) is 19.6. The van der Waals surface area contributed by atoms with E-state index in [-0.39, 0.29) is 29.1 Å². The standard InChI is InChI=1S/C20H24N2O4S/c1-3-17(13-23)21-20(24)16-8-6-9-18(12-16)27(25,26)22-14(2)11-15-7-4-5-10-19(15)22/h4-10,12,14,17,23H,3,11,13H2,1-2H3,(H,21,24)/t14-,17-/m1/s1. The van der Waals surface area contributed by atoms with Crippen LogP contribution in [0.2, 0.25) is 0 Å². The van der Waals surface area contributed by atoms with Crippen LogP contribution in [-0.2, 0) is 16.4 Å². The van der Waals surface area contributed by atoms with Gasteiger partial charge in [0.15, 0.2) is 0 Å². The highest BCUT2D eigenvalue weighted by molar-refractivity contribution is 7.92. The number of anilines is 1. The van der Waals surface area contributed by atoms with Crippen molar-refractivity contribution in [1.29, 1.82) is 0 Å². The van der Waals surface area contributed by atoms with Crippen molar-refractivity contribution in [3.8, 4) is 0 Å². The average molecular weight is 388 g/mol. The van der Waals surface area contributed by atoms with Crippen LogP contribution in [-0.4, -0.2) is 38.1 Å². The molecule has 144 valence electrons. The highest BCUT2D eigenvalue weighted by Crippen LogP contribution is 2.36. The minimum absolute atomic E-state index is 0.0794. The first-order chi connectivity index (χ1) is 12.9. The molecule has 0 fully saturated rings. The molecule has 0 unspecified atom stereocenters. The molecular weight excluding hydrogens is 364 g/mol. The van der Waals surface area contributed by atoms with Crippen molar-refractivity contribution in [1.82, 2.24) is 5.32 Å². The number of nitrogens with one attached hydrogen (secondary N) is 1. The number of rotatable bonds is 6. The molecule has 0 spiro atoms. The number of fused-ring (bicyclic) bond motifs is 1. The van der Waals surface area contributed by atoms with Gasteiger partial charge in [-0.2, -0.15) is 0 Å². The predicted molar refractivity (Wildman–Crippen MR) is 104 cm³/mol. The van der Waals surface area contributed by atoms with Crippen molar-refractivity contribution in [2.45, 2.75) is 43.7 Å². The molecule has 0 saturated carbocycles. The van der Waals surface area contributed by atoms with Crippen molar-refractivity contribution >= 4 is 21.6 Å². The van der Waals surface area contributed by atoms with Crippen molar-refractivity contribution in [3.63, 3.8) is 0 Å². The fourth-order valence-electron chi connectivity index (χ4n) is 3.36. The van der Waals surface area contributed by atoms with E-state index in [2.05, 4.69) is 5.32 Å². The molecule has 1 amide bonds. The van der Waals surface area contributed by atoms with Crippen LogP contribution in [0.15, 0.2) is 53.4 Å². The summed E-state index contributed by atoms with van der Waals surface area (Å²) >= 11 is 0. The van der Waals surface area contributed by atoms with E-state index in [0.29, 0.717) is 18.5 Å². The highest BCUT2D eigenvalue weighted by atomic mass is 32.2. The quantitative estimate of drug-likeness (QED) is 0.795. The Morgan fingerprint density at radius 3 is 2.70 bits per heavy atom. The third-order valence-electron chi connectivity index (χ3n) is 4.85. The Bertz CT molecular complexity index is 939. The maximum atomic E-state index is 13.3. The van der Waals surface area contributed by atoms with Gasteiger partial charge in [-0.05, 0) is 49.6 Å². The lowest BCUT2D eigenvalue weighted by Crippen LogP contribution is -2.37. The van der Waals surface area contributed by atoms with E-state index in [1.54, 1.807) is 18.2 Å². The Labute approximate surface area is 159 Å². The summed E-state index contributed by atoms with van der Waals surface area (Å²) in [6, 6.07) is 12.9. The van der Waals surface area contributed by atoms with Crippen molar-refractivity contribution < 1.29 is 18.3 Å². The summed E-state index contributed by atoms with van der Waals surface area (Å²) < 4.78 is 28.0. The van der Waals surface area contributed by atoms with E-state index >= 15 is 0 Å². The van der Waals surface area contributed by atoms with Crippen LogP contribution in [0.25, 0.3) is 0 Å². The van der Waals surface area contributed by atoms with Gasteiger partial charge in [-0.25, -0.2) is 8.42 Å². The minimum atomic E-state index is -3.79. The molecule has 6 nitrogen and oxygen atoms in total. The molecule has 0 radical (unpaired) electrons. The topological polar surface area (TPSA) is 86.7 Å². The normalized spacial score (nSPS) is 17.4. The molecule has 0 bridgehead atoms. The largest absolute Gasteiger partial charge is 0.394 e. The molecule has 1 heterocycles. The molecule has 2 atom stereocenters. The number of amides is 1. The molecule has 0 aliphatic carbocycles. The number of benzene rings is 2. The predicted octanol–water partition coefficient (Wildman–Crippen LogP) is 2.33. The van der Waals surface area contributed by atoms with Gasteiger partial charge in [0.25, 0.3) is 15.9 Å². The summed E-state index contributed by atoms with van der Waals surface area (Å²) in [5, 5.41) is 12.0. The number of hydrogen-bond acceptors (Lipinski definition) is 4. The summed E-state index contributed by atoms with van der Waals surface area (Å²) in [6.45, 7) is 3.57. The number of aliphatic hydroxyl groups is 1. The van der Waals surface area contributed by atoms with Gasteiger partial charge in [-0.15, -0.1) is 0 Å². The number of sulfonamides is 1. The average Bonchev–Trinajstić information content (AvgIpc) is 3.02. The summed E-state index contributed by atoms with van der Waals surface area (Å²) in [5.41, 5.74) is 1.94. The Morgan fingerprint density at radius 2 is 2.00 bits per heavy atom. The van der Waals surface area contributed by atoms with Gasteiger partial charge in [0, 0.05) is 11.6 Å². The Balaban J connectivity index is 1.94. The fourth-order valence-corrected chi connectivity index (χ4v) is 5.10. The second-order valence-electron chi connectivity index (χ2n) is 6.77. The van der Waals surface area contributed by atoms with E-state index in [4.69, 9.17) is 0 Å². The molecule has 2 aromatic rings. The van der Waals surface area contributed by atoms with Gasteiger partial charge < -0.3 is 10.4 Å². The second kappa shape index (κ2) is 7.70. The van der Waals surface area contributed by atoms with Crippen LogP contribution in [0.3, 0.4) is 0 Å². The first-order valence-corrected chi connectivity index (χ1v) is 10.5. The Hall–Kier alpha value is -2.38. The molecule has 2 aromatic carbocycles. The lowest BCUT2D eigenvalue weighted by Gasteiger charge is -2.24. The molecule has 1 aliphatic heterocycles. The molecular formula is C20H24N2O4S. The van der Waals surface area contributed by atoms with Gasteiger partial charge in [-0.3, -0.25) is 9.10 Å². The molecule has 1 aliphatic rings. The van der Waals surface area contributed by atoms with Crippen molar-refractivity contribution in [2.24, 2.45) is 0 Å². The molecule has 3 rings (SSSR count). The summed E-state index contributed by atoms with van der Waals surface area (Å²) in [4.78, 5) is 12.5. The Morgan fingerprint density at radius 1 is 1.26 bits per heavy atom. The van der Waals surface area contributed by atoms with E-state index in [1.165, 1.54) is 16.4 Å². The monoisotopic (exact) mass is 388 g/mol.